The van der Waals surface area contributed by atoms with Crippen molar-refractivity contribution in [2.75, 3.05) is 19.8 Å². The van der Waals surface area contributed by atoms with Gasteiger partial charge in [0.1, 0.15) is 28.8 Å². The number of alkyl halides is 2. The molecule has 0 unspecified atom stereocenters. The molecule has 1 aliphatic carbocycles. The van der Waals surface area contributed by atoms with E-state index in [1.165, 1.54) is 0 Å². The van der Waals surface area contributed by atoms with Crippen LogP contribution in [0.15, 0.2) is 30.3 Å². The van der Waals surface area contributed by atoms with Gasteiger partial charge in [0, 0.05) is 24.2 Å². The largest absolute Gasteiger partial charge is 0.432 e. The predicted octanol–water partition coefficient (Wildman–Crippen LogP) is 7.14. The molecule has 10 heteroatoms. The summed E-state index contributed by atoms with van der Waals surface area (Å²) in [5, 5.41) is -0.310. The summed E-state index contributed by atoms with van der Waals surface area (Å²) in [6, 6.07) is 4.03. The second-order valence-electron chi connectivity index (χ2n) is 8.81. The molecule has 1 saturated heterocycles. The van der Waals surface area contributed by atoms with Crippen LogP contribution in [0.25, 0.3) is 0 Å². The lowest BCUT2D eigenvalue weighted by molar-refractivity contribution is -0.215. The highest BCUT2D eigenvalue weighted by molar-refractivity contribution is 6.30. The summed E-state index contributed by atoms with van der Waals surface area (Å²) in [5.74, 6) is -4.19. The molecular formula is C25H26ClF5O4. The molecule has 2 fully saturated rings. The molecule has 1 saturated carbocycles. The molecule has 0 N–H and O–H groups in total. The number of halogens is 6. The summed E-state index contributed by atoms with van der Waals surface area (Å²) >= 11 is 5.51. The van der Waals surface area contributed by atoms with E-state index >= 15 is 0 Å². The van der Waals surface area contributed by atoms with Gasteiger partial charge in [-0.2, -0.15) is 8.78 Å². The van der Waals surface area contributed by atoms with E-state index in [1.807, 2.05) is 6.92 Å². The molecule has 1 heterocycles. The first-order valence-corrected chi connectivity index (χ1v) is 11.9. The zero-order valence-corrected chi connectivity index (χ0v) is 19.8. The lowest BCUT2D eigenvalue weighted by Crippen LogP contribution is -2.35. The Hall–Kier alpha value is -1.94. The van der Waals surface area contributed by atoms with Crippen LogP contribution in [0.1, 0.15) is 50.0 Å². The topological polar surface area (TPSA) is 36.9 Å². The molecule has 0 spiro atoms. The maximum absolute atomic E-state index is 14.7. The number of rotatable bonds is 7. The van der Waals surface area contributed by atoms with Crippen molar-refractivity contribution < 1.29 is 40.9 Å². The zero-order valence-electron chi connectivity index (χ0n) is 19.0. The third-order valence-corrected chi connectivity index (χ3v) is 6.78. The highest BCUT2D eigenvalue weighted by Crippen LogP contribution is 2.39. The molecule has 4 rings (SSSR count). The van der Waals surface area contributed by atoms with Crippen molar-refractivity contribution in [3.05, 3.63) is 63.9 Å². The molecule has 0 amide bonds. The average molecular weight is 521 g/mol. The first kappa shape index (κ1) is 26.1. The first-order chi connectivity index (χ1) is 16.7. The van der Waals surface area contributed by atoms with E-state index in [4.69, 9.17) is 25.8 Å². The van der Waals surface area contributed by atoms with E-state index in [0.717, 1.165) is 49.9 Å². The molecule has 0 aromatic heterocycles. The molecule has 192 valence electrons. The van der Waals surface area contributed by atoms with Gasteiger partial charge in [0.25, 0.3) is 0 Å². The second-order valence-corrected chi connectivity index (χ2v) is 9.21. The first-order valence-electron chi connectivity index (χ1n) is 11.5. The van der Waals surface area contributed by atoms with Gasteiger partial charge >= 0.3 is 6.11 Å². The van der Waals surface area contributed by atoms with Crippen molar-refractivity contribution in [2.24, 2.45) is 11.8 Å². The van der Waals surface area contributed by atoms with Crippen molar-refractivity contribution in [1.82, 2.24) is 0 Å². The van der Waals surface area contributed by atoms with Gasteiger partial charge < -0.3 is 18.9 Å². The highest BCUT2D eigenvalue weighted by Gasteiger charge is 2.42. The maximum atomic E-state index is 14.7. The van der Waals surface area contributed by atoms with Crippen LogP contribution in [-0.2, 0) is 20.3 Å². The quantitative estimate of drug-likeness (QED) is 0.364. The van der Waals surface area contributed by atoms with E-state index < -0.39 is 41.2 Å². The minimum atomic E-state index is -4.41. The molecular weight excluding hydrogens is 495 g/mol. The molecule has 1 aliphatic heterocycles. The second kappa shape index (κ2) is 11.0. The van der Waals surface area contributed by atoms with Crippen LogP contribution in [0.5, 0.6) is 5.75 Å². The summed E-state index contributed by atoms with van der Waals surface area (Å²) in [6.07, 6.45) is -1.31. The van der Waals surface area contributed by atoms with Crippen LogP contribution in [0.4, 0.5) is 22.0 Å². The van der Waals surface area contributed by atoms with Gasteiger partial charge in [-0.3, -0.25) is 0 Å². The fraction of sp³-hybridized carbons (Fsp3) is 0.520. The van der Waals surface area contributed by atoms with Crippen LogP contribution in [0.3, 0.4) is 0 Å². The van der Waals surface area contributed by atoms with Crippen LogP contribution < -0.4 is 4.74 Å². The summed E-state index contributed by atoms with van der Waals surface area (Å²) in [5.41, 5.74) is -1.66. The summed E-state index contributed by atoms with van der Waals surface area (Å²) in [6.45, 7) is 3.33. The Bertz CT molecular complexity index is 998. The van der Waals surface area contributed by atoms with Crippen LogP contribution >= 0.6 is 11.6 Å². The SMILES string of the molecule is CCOC1CCC(C2COC(c3cc(F)c(C(F)(F)Oc4ccc(Cl)c(F)c4)c(F)c3)OC2)CC1. The number of hydrogen-bond donors (Lipinski definition) is 0. The Morgan fingerprint density at radius 1 is 0.914 bits per heavy atom. The van der Waals surface area contributed by atoms with E-state index in [-0.39, 0.29) is 22.6 Å². The van der Waals surface area contributed by atoms with Gasteiger partial charge in [-0.05, 0) is 62.8 Å². The van der Waals surface area contributed by atoms with Crippen molar-refractivity contribution >= 4 is 11.6 Å². The molecule has 0 bridgehead atoms. The van der Waals surface area contributed by atoms with Crippen LogP contribution in [-0.4, -0.2) is 25.9 Å². The third-order valence-electron chi connectivity index (χ3n) is 6.48. The number of ether oxygens (including phenoxy) is 4. The molecule has 0 radical (unpaired) electrons. The molecule has 4 nitrogen and oxygen atoms in total. The smallest absolute Gasteiger partial charge is 0.429 e. The molecule has 2 aromatic carbocycles. The minimum Gasteiger partial charge on any atom is -0.429 e. The Morgan fingerprint density at radius 2 is 1.54 bits per heavy atom. The standard InChI is InChI=1S/C25H26ClF5O4/c1-2-32-17-5-3-14(4-6-17)16-12-33-24(34-13-16)15-9-21(28)23(22(29)10-15)25(30,31)35-18-7-8-19(26)20(27)11-18/h7-11,14,16-17,24H,2-6,12-13H2,1H3. The van der Waals surface area contributed by atoms with E-state index in [1.54, 1.807) is 0 Å². The zero-order chi connectivity index (χ0) is 25.2. The lowest BCUT2D eigenvalue weighted by Gasteiger charge is -2.37. The van der Waals surface area contributed by atoms with Gasteiger partial charge in [0.15, 0.2) is 6.29 Å². The van der Waals surface area contributed by atoms with Crippen LogP contribution in [0, 0.1) is 29.3 Å². The van der Waals surface area contributed by atoms with Crippen molar-refractivity contribution in [2.45, 2.75) is 51.1 Å². The fourth-order valence-electron chi connectivity index (χ4n) is 4.69. The number of hydrogen-bond acceptors (Lipinski definition) is 4. The van der Waals surface area contributed by atoms with Crippen molar-refractivity contribution in [1.29, 1.82) is 0 Å². The fourth-order valence-corrected chi connectivity index (χ4v) is 4.81. The van der Waals surface area contributed by atoms with Crippen molar-refractivity contribution in [3.8, 4) is 5.75 Å². The highest BCUT2D eigenvalue weighted by atomic mass is 35.5. The van der Waals surface area contributed by atoms with Gasteiger partial charge in [-0.15, -0.1) is 0 Å². The van der Waals surface area contributed by atoms with Gasteiger partial charge in [0.2, 0.25) is 0 Å². The summed E-state index contributed by atoms with van der Waals surface area (Å²) in [4.78, 5) is 0. The minimum absolute atomic E-state index is 0.0596. The van der Waals surface area contributed by atoms with E-state index in [0.29, 0.717) is 31.8 Å². The average Bonchev–Trinajstić information content (AvgIpc) is 2.81. The lowest BCUT2D eigenvalue weighted by atomic mass is 9.79. The van der Waals surface area contributed by atoms with E-state index in [9.17, 15) is 22.0 Å². The molecule has 35 heavy (non-hydrogen) atoms. The maximum Gasteiger partial charge on any atom is 0.432 e. The summed E-state index contributed by atoms with van der Waals surface area (Å²) < 4.78 is 93.5. The molecule has 2 aliphatic rings. The monoisotopic (exact) mass is 520 g/mol. The van der Waals surface area contributed by atoms with Crippen LogP contribution in [0.2, 0.25) is 5.02 Å². The van der Waals surface area contributed by atoms with Gasteiger partial charge in [0.05, 0.1) is 24.3 Å². The molecule has 0 atom stereocenters. The Labute approximate surface area is 205 Å². The predicted molar refractivity (Wildman–Crippen MR) is 118 cm³/mol. The van der Waals surface area contributed by atoms with Gasteiger partial charge in [-0.25, -0.2) is 13.2 Å². The van der Waals surface area contributed by atoms with Gasteiger partial charge in [-0.1, -0.05) is 11.6 Å². The molecule has 2 aromatic rings. The van der Waals surface area contributed by atoms with Crippen molar-refractivity contribution in [3.63, 3.8) is 0 Å². The normalized spacial score (nSPS) is 25.5. The summed E-state index contributed by atoms with van der Waals surface area (Å²) in [7, 11) is 0. The Balaban J connectivity index is 1.40. The Kier molecular flexibility index (Phi) is 8.20. The van der Waals surface area contributed by atoms with E-state index in [2.05, 4.69) is 4.74 Å². The Morgan fingerprint density at radius 3 is 2.11 bits per heavy atom. The number of benzene rings is 2. The third kappa shape index (κ3) is 6.07.